The van der Waals surface area contributed by atoms with Gasteiger partial charge in [-0.2, -0.15) is 5.26 Å². The second-order valence-electron chi connectivity index (χ2n) is 3.45. The lowest BCUT2D eigenvalue weighted by atomic mass is 9.97. The molecule has 0 amide bonds. The predicted octanol–water partition coefficient (Wildman–Crippen LogP) is 2.34. The first-order valence-corrected chi connectivity index (χ1v) is 5.80. The van der Waals surface area contributed by atoms with Crippen LogP contribution in [0.5, 0.6) is 0 Å². The largest absolute Gasteiger partial charge is 0.291 e. The molecule has 1 atom stereocenters. The summed E-state index contributed by atoms with van der Waals surface area (Å²) in [5.74, 6) is -0.984. The minimum absolute atomic E-state index is 0.204. The van der Waals surface area contributed by atoms with Gasteiger partial charge >= 0.3 is 0 Å². The minimum Gasteiger partial charge on any atom is -0.291 e. The van der Waals surface area contributed by atoms with Gasteiger partial charge < -0.3 is 0 Å². The van der Waals surface area contributed by atoms with E-state index in [0.29, 0.717) is 10.4 Å². The number of ketones is 1. The third-order valence-corrected chi connectivity index (χ3v) is 3.22. The zero-order chi connectivity index (χ0) is 12.3. The highest BCUT2D eigenvalue weighted by Crippen LogP contribution is 2.23. The molecule has 0 aliphatic heterocycles. The fourth-order valence-corrected chi connectivity index (χ4v) is 2.21. The van der Waals surface area contributed by atoms with Crippen LogP contribution in [0, 0.1) is 18.3 Å². The molecule has 0 bridgehead atoms. The van der Waals surface area contributed by atoms with Crippen molar-refractivity contribution in [2.24, 2.45) is 0 Å². The van der Waals surface area contributed by atoms with Crippen molar-refractivity contribution in [1.82, 2.24) is 9.97 Å². The molecule has 4 nitrogen and oxygen atoms in total. The predicted molar refractivity (Wildman–Crippen MR) is 63.8 cm³/mol. The van der Waals surface area contributed by atoms with E-state index < -0.39 is 5.92 Å². The van der Waals surface area contributed by atoms with E-state index in [1.54, 1.807) is 24.5 Å². The topological polar surface area (TPSA) is 66.6 Å². The zero-order valence-corrected chi connectivity index (χ0v) is 9.94. The molecule has 2 aromatic rings. The maximum absolute atomic E-state index is 12.1. The van der Waals surface area contributed by atoms with Crippen LogP contribution in [0.3, 0.4) is 0 Å². The molecule has 0 aromatic carbocycles. The molecule has 2 heterocycles. The van der Waals surface area contributed by atoms with Crippen molar-refractivity contribution in [2.45, 2.75) is 12.8 Å². The molecular weight excluding hydrogens is 234 g/mol. The molecule has 0 aliphatic rings. The Morgan fingerprint density at radius 3 is 2.71 bits per heavy atom. The highest BCUT2D eigenvalue weighted by atomic mass is 32.1. The number of hydrogen-bond acceptors (Lipinski definition) is 5. The summed E-state index contributed by atoms with van der Waals surface area (Å²) >= 11 is 1.31. The fraction of sp³-hybridized carbons (Fsp3) is 0.167. The minimum atomic E-state index is -0.780. The Kier molecular flexibility index (Phi) is 3.26. The van der Waals surface area contributed by atoms with Crippen LogP contribution in [0.4, 0.5) is 0 Å². The van der Waals surface area contributed by atoms with E-state index in [4.69, 9.17) is 5.26 Å². The standard InChI is InChI=1S/C12H9N3OS/c1-8-15-7-11(17-8)12(16)10(6-13)9-2-4-14-5-3-9/h2-5,7,10H,1H3. The van der Waals surface area contributed by atoms with Gasteiger partial charge in [-0.1, -0.05) is 0 Å². The maximum Gasteiger partial charge on any atom is 0.195 e. The smallest absolute Gasteiger partial charge is 0.195 e. The molecule has 5 heteroatoms. The number of rotatable bonds is 3. The molecule has 0 saturated heterocycles. The first kappa shape index (κ1) is 11.4. The molecule has 0 fully saturated rings. The third kappa shape index (κ3) is 2.37. The van der Waals surface area contributed by atoms with Crippen molar-refractivity contribution >= 4 is 17.1 Å². The van der Waals surface area contributed by atoms with Crippen LogP contribution < -0.4 is 0 Å². The van der Waals surface area contributed by atoms with Crippen LogP contribution in [-0.4, -0.2) is 15.8 Å². The Morgan fingerprint density at radius 2 is 2.18 bits per heavy atom. The summed E-state index contributed by atoms with van der Waals surface area (Å²) in [6.45, 7) is 1.83. The third-order valence-electron chi connectivity index (χ3n) is 2.29. The van der Waals surface area contributed by atoms with Crippen LogP contribution in [0.1, 0.15) is 26.2 Å². The number of pyridine rings is 1. The Morgan fingerprint density at radius 1 is 1.47 bits per heavy atom. The number of hydrogen-bond donors (Lipinski definition) is 0. The van der Waals surface area contributed by atoms with Gasteiger partial charge in [0.1, 0.15) is 5.92 Å². The van der Waals surface area contributed by atoms with Gasteiger partial charge in [-0.15, -0.1) is 11.3 Å². The van der Waals surface area contributed by atoms with Crippen molar-refractivity contribution < 1.29 is 4.79 Å². The van der Waals surface area contributed by atoms with Crippen molar-refractivity contribution in [3.8, 4) is 6.07 Å². The Labute approximate surface area is 103 Å². The molecule has 1 unspecified atom stereocenters. The molecule has 2 rings (SSSR count). The first-order valence-electron chi connectivity index (χ1n) is 4.98. The number of thiazole rings is 1. The monoisotopic (exact) mass is 243 g/mol. The number of aryl methyl sites for hydroxylation is 1. The van der Waals surface area contributed by atoms with E-state index >= 15 is 0 Å². The zero-order valence-electron chi connectivity index (χ0n) is 9.12. The molecule has 2 aromatic heterocycles. The average Bonchev–Trinajstić information content (AvgIpc) is 2.78. The molecule has 0 N–H and O–H groups in total. The van der Waals surface area contributed by atoms with Gasteiger partial charge in [0.25, 0.3) is 0 Å². The second kappa shape index (κ2) is 4.85. The molecule has 17 heavy (non-hydrogen) atoms. The van der Waals surface area contributed by atoms with Crippen molar-refractivity contribution in [2.75, 3.05) is 0 Å². The summed E-state index contributed by atoms with van der Waals surface area (Å²) in [6, 6.07) is 5.39. The molecular formula is C12H9N3OS. The highest BCUT2D eigenvalue weighted by Gasteiger charge is 2.23. The summed E-state index contributed by atoms with van der Waals surface area (Å²) in [5.41, 5.74) is 0.665. The number of nitriles is 1. The summed E-state index contributed by atoms with van der Waals surface area (Å²) in [7, 11) is 0. The number of Topliss-reactive ketones (excluding diaryl/α,β-unsaturated/α-hetero) is 1. The molecule has 0 spiro atoms. The lowest BCUT2D eigenvalue weighted by molar-refractivity contribution is 0.0982. The molecule has 0 radical (unpaired) electrons. The number of carbonyl (C=O) groups excluding carboxylic acids is 1. The molecule has 0 saturated carbocycles. The van der Waals surface area contributed by atoms with Crippen molar-refractivity contribution in [1.29, 1.82) is 5.26 Å². The maximum atomic E-state index is 12.1. The van der Waals surface area contributed by atoms with E-state index in [0.717, 1.165) is 5.01 Å². The van der Waals surface area contributed by atoms with E-state index in [-0.39, 0.29) is 5.78 Å². The van der Waals surface area contributed by atoms with Crippen LogP contribution in [0.15, 0.2) is 30.7 Å². The second-order valence-corrected chi connectivity index (χ2v) is 4.69. The summed E-state index contributed by atoms with van der Waals surface area (Å²) in [5, 5.41) is 9.93. The van der Waals surface area contributed by atoms with Gasteiger partial charge in [0.2, 0.25) is 0 Å². The highest BCUT2D eigenvalue weighted by molar-refractivity contribution is 7.13. The Hall–Kier alpha value is -2.06. The van der Waals surface area contributed by atoms with Crippen molar-refractivity contribution in [3.05, 3.63) is 46.2 Å². The number of aromatic nitrogens is 2. The SMILES string of the molecule is Cc1ncc(C(=O)C(C#N)c2ccncc2)s1. The van der Waals surface area contributed by atoms with E-state index in [2.05, 4.69) is 9.97 Å². The van der Waals surface area contributed by atoms with Gasteiger partial charge in [0.05, 0.1) is 16.0 Å². The van der Waals surface area contributed by atoms with E-state index in [1.807, 2.05) is 13.0 Å². The lowest BCUT2D eigenvalue weighted by Gasteiger charge is -2.05. The van der Waals surface area contributed by atoms with Crippen LogP contribution in [-0.2, 0) is 0 Å². The average molecular weight is 243 g/mol. The molecule has 0 aliphatic carbocycles. The summed E-state index contributed by atoms with van der Waals surface area (Å²) in [6.07, 6.45) is 4.67. The summed E-state index contributed by atoms with van der Waals surface area (Å²) in [4.78, 5) is 20.5. The fourth-order valence-electron chi connectivity index (χ4n) is 1.46. The number of nitrogens with zero attached hydrogens (tertiary/aromatic N) is 3. The van der Waals surface area contributed by atoms with Gasteiger partial charge in [0.15, 0.2) is 5.78 Å². The van der Waals surface area contributed by atoms with Crippen LogP contribution in [0.25, 0.3) is 0 Å². The summed E-state index contributed by atoms with van der Waals surface area (Å²) < 4.78 is 0. The van der Waals surface area contributed by atoms with E-state index in [1.165, 1.54) is 17.5 Å². The van der Waals surface area contributed by atoms with Crippen molar-refractivity contribution in [3.63, 3.8) is 0 Å². The van der Waals surface area contributed by atoms with Gasteiger partial charge in [-0.05, 0) is 24.6 Å². The van der Waals surface area contributed by atoms with Gasteiger partial charge in [-0.25, -0.2) is 4.98 Å². The van der Waals surface area contributed by atoms with Crippen LogP contribution >= 0.6 is 11.3 Å². The van der Waals surface area contributed by atoms with Gasteiger partial charge in [0, 0.05) is 18.6 Å². The quantitative estimate of drug-likeness (QED) is 0.776. The number of carbonyl (C=O) groups is 1. The van der Waals surface area contributed by atoms with Gasteiger partial charge in [-0.3, -0.25) is 9.78 Å². The Balaban J connectivity index is 2.32. The normalized spacial score (nSPS) is 11.8. The van der Waals surface area contributed by atoms with Crippen LogP contribution in [0.2, 0.25) is 0 Å². The Bertz CT molecular complexity index is 571. The van der Waals surface area contributed by atoms with E-state index in [9.17, 15) is 4.79 Å². The molecule has 84 valence electrons. The first-order chi connectivity index (χ1) is 8.22. The lowest BCUT2D eigenvalue weighted by Crippen LogP contribution is -2.09.